The minimum absolute atomic E-state index is 0.197. The van der Waals surface area contributed by atoms with Crippen molar-refractivity contribution in [1.29, 1.82) is 0 Å². The molecular formula is C21H18N2O6S. The third-order valence-corrected chi connectivity index (χ3v) is 5.09. The number of thioether (sulfide) groups is 1. The summed E-state index contributed by atoms with van der Waals surface area (Å²) in [6, 6.07) is 13.1. The van der Waals surface area contributed by atoms with Crippen molar-refractivity contribution >= 4 is 46.5 Å². The van der Waals surface area contributed by atoms with Gasteiger partial charge in [-0.25, -0.2) is 4.79 Å². The number of hydrogen-bond donors (Lipinski definition) is 1. The largest absolute Gasteiger partial charge is 0.497 e. The molecule has 1 N–H and O–H groups in total. The second kappa shape index (κ2) is 9.27. The van der Waals surface area contributed by atoms with Gasteiger partial charge >= 0.3 is 5.97 Å². The number of anilines is 1. The molecule has 2 aromatic rings. The number of nitrogens with one attached hydrogen (secondary N) is 1. The molecule has 1 saturated heterocycles. The van der Waals surface area contributed by atoms with Crippen molar-refractivity contribution in [2.24, 2.45) is 0 Å². The average Bonchev–Trinajstić information content (AvgIpc) is 3.01. The van der Waals surface area contributed by atoms with Crippen molar-refractivity contribution in [1.82, 2.24) is 4.90 Å². The molecule has 1 aliphatic rings. The number of esters is 1. The van der Waals surface area contributed by atoms with E-state index in [0.717, 1.165) is 16.7 Å². The van der Waals surface area contributed by atoms with Gasteiger partial charge in [-0.1, -0.05) is 12.1 Å². The monoisotopic (exact) mass is 426 g/mol. The number of carbonyl (C=O) groups excluding carboxylic acids is 4. The maximum absolute atomic E-state index is 12.6. The highest BCUT2D eigenvalue weighted by Crippen LogP contribution is 2.32. The number of amides is 3. The van der Waals surface area contributed by atoms with Crippen LogP contribution in [-0.2, 0) is 14.3 Å². The highest BCUT2D eigenvalue weighted by Gasteiger charge is 2.36. The lowest BCUT2D eigenvalue weighted by Gasteiger charge is -2.12. The van der Waals surface area contributed by atoms with Crippen LogP contribution < -0.4 is 10.1 Å². The van der Waals surface area contributed by atoms with Crippen molar-refractivity contribution in [3.63, 3.8) is 0 Å². The van der Waals surface area contributed by atoms with Gasteiger partial charge in [0.1, 0.15) is 12.3 Å². The molecule has 1 aliphatic heterocycles. The van der Waals surface area contributed by atoms with Crippen LogP contribution in [-0.4, -0.2) is 48.7 Å². The zero-order valence-corrected chi connectivity index (χ0v) is 17.0. The van der Waals surface area contributed by atoms with Crippen molar-refractivity contribution < 1.29 is 28.7 Å². The van der Waals surface area contributed by atoms with Gasteiger partial charge in [-0.05, 0) is 59.8 Å². The van der Waals surface area contributed by atoms with Crippen molar-refractivity contribution in [2.75, 3.05) is 26.1 Å². The fourth-order valence-electron chi connectivity index (χ4n) is 2.64. The number of benzene rings is 2. The first kappa shape index (κ1) is 21.1. The van der Waals surface area contributed by atoms with E-state index in [-0.39, 0.29) is 4.91 Å². The summed E-state index contributed by atoms with van der Waals surface area (Å²) in [5.41, 5.74) is 1.53. The summed E-state index contributed by atoms with van der Waals surface area (Å²) >= 11 is 0.755. The molecule has 8 nitrogen and oxygen atoms in total. The summed E-state index contributed by atoms with van der Waals surface area (Å²) in [6.45, 7) is -0.394. The third kappa shape index (κ3) is 4.87. The Morgan fingerprint density at radius 2 is 1.70 bits per heavy atom. The van der Waals surface area contributed by atoms with Crippen molar-refractivity contribution in [3.05, 3.63) is 64.6 Å². The zero-order chi connectivity index (χ0) is 21.7. The highest BCUT2D eigenvalue weighted by atomic mass is 32.2. The number of carbonyl (C=O) groups is 4. The second-order valence-electron chi connectivity index (χ2n) is 6.16. The van der Waals surface area contributed by atoms with Crippen LogP contribution in [0.15, 0.2) is 53.4 Å². The lowest BCUT2D eigenvalue weighted by atomic mass is 10.1. The first-order valence-electron chi connectivity index (χ1n) is 8.79. The normalized spacial score (nSPS) is 14.7. The van der Waals surface area contributed by atoms with E-state index in [4.69, 9.17) is 4.74 Å². The van der Waals surface area contributed by atoms with Crippen LogP contribution in [0.5, 0.6) is 5.75 Å². The number of nitrogens with zero attached hydrogens (tertiary/aromatic N) is 1. The molecule has 30 heavy (non-hydrogen) atoms. The Bertz CT molecular complexity index is 1010. The molecule has 2 aromatic carbocycles. The Morgan fingerprint density at radius 3 is 2.30 bits per heavy atom. The maximum atomic E-state index is 12.6. The topological polar surface area (TPSA) is 102 Å². The Balaban J connectivity index is 1.65. The SMILES string of the molecule is COC(=O)c1ccc(/C=C2/SC(=O)N(CC(=O)Nc3ccc(OC)cc3)C2=O)cc1. The molecule has 0 bridgehead atoms. The zero-order valence-electron chi connectivity index (χ0n) is 16.2. The quantitative estimate of drug-likeness (QED) is 0.559. The maximum Gasteiger partial charge on any atom is 0.337 e. The number of hydrogen-bond acceptors (Lipinski definition) is 7. The van der Waals surface area contributed by atoms with Gasteiger partial charge in [0.15, 0.2) is 0 Å². The van der Waals surface area contributed by atoms with Crippen LogP contribution in [0.1, 0.15) is 15.9 Å². The fraction of sp³-hybridized carbons (Fsp3) is 0.143. The average molecular weight is 426 g/mol. The molecule has 0 aliphatic carbocycles. The molecule has 0 aromatic heterocycles. The van der Waals surface area contributed by atoms with Gasteiger partial charge in [0, 0.05) is 5.69 Å². The third-order valence-electron chi connectivity index (χ3n) is 4.18. The van der Waals surface area contributed by atoms with Crippen LogP contribution in [0.25, 0.3) is 6.08 Å². The van der Waals surface area contributed by atoms with Crippen LogP contribution in [0.2, 0.25) is 0 Å². The van der Waals surface area contributed by atoms with Crippen molar-refractivity contribution in [2.45, 2.75) is 0 Å². The van der Waals surface area contributed by atoms with Gasteiger partial charge < -0.3 is 14.8 Å². The van der Waals surface area contributed by atoms with Crippen LogP contribution in [0.3, 0.4) is 0 Å². The number of rotatable bonds is 6. The predicted molar refractivity (Wildman–Crippen MR) is 112 cm³/mol. The lowest BCUT2D eigenvalue weighted by molar-refractivity contribution is -0.127. The summed E-state index contributed by atoms with van der Waals surface area (Å²) in [7, 11) is 2.82. The van der Waals surface area contributed by atoms with E-state index in [9.17, 15) is 19.2 Å². The Labute approximate surface area is 176 Å². The van der Waals surface area contributed by atoms with E-state index in [0.29, 0.717) is 22.6 Å². The molecule has 154 valence electrons. The molecular weight excluding hydrogens is 408 g/mol. The molecule has 0 atom stereocenters. The first-order chi connectivity index (χ1) is 14.4. The molecule has 3 rings (SSSR count). The lowest BCUT2D eigenvalue weighted by Crippen LogP contribution is -2.36. The summed E-state index contributed by atoms with van der Waals surface area (Å²) < 4.78 is 9.69. The van der Waals surface area contributed by atoms with E-state index in [1.54, 1.807) is 48.5 Å². The van der Waals surface area contributed by atoms with Gasteiger partial charge in [-0.15, -0.1) is 0 Å². The molecule has 3 amide bonds. The van der Waals surface area contributed by atoms with Gasteiger partial charge in [0.2, 0.25) is 5.91 Å². The van der Waals surface area contributed by atoms with E-state index in [1.807, 2.05) is 0 Å². The minimum atomic E-state index is -0.549. The van der Waals surface area contributed by atoms with Gasteiger partial charge in [0.05, 0.1) is 24.7 Å². The molecule has 0 unspecified atom stereocenters. The standard InChI is InChI=1S/C21H18N2O6S/c1-28-16-9-7-15(8-10-16)22-18(24)12-23-19(25)17(30-21(23)27)11-13-3-5-14(6-4-13)20(26)29-2/h3-11H,12H2,1-2H3,(H,22,24)/b17-11+. The fourth-order valence-corrected chi connectivity index (χ4v) is 3.48. The number of imide groups is 1. The summed E-state index contributed by atoms with van der Waals surface area (Å²) in [6.07, 6.45) is 1.54. The van der Waals surface area contributed by atoms with Crippen LogP contribution >= 0.6 is 11.8 Å². The Kier molecular flexibility index (Phi) is 6.53. The van der Waals surface area contributed by atoms with Gasteiger partial charge in [0.25, 0.3) is 11.1 Å². The first-order valence-corrected chi connectivity index (χ1v) is 9.60. The van der Waals surface area contributed by atoms with E-state index in [2.05, 4.69) is 10.1 Å². The van der Waals surface area contributed by atoms with Gasteiger partial charge in [-0.3, -0.25) is 19.3 Å². The summed E-state index contributed by atoms with van der Waals surface area (Å²) in [5.74, 6) is -0.869. The Morgan fingerprint density at radius 1 is 1.03 bits per heavy atom. The van der Waals surface area contributed by atoms with E-state index < -0.39 is 29.6 Å². The van der Waals surface area contributed by atoms with Crippen molar-refractivity contribution in [3.8, 4) is 5.75 Å². The molecule has 1 heterocycles. The molecule has 1 fully saturated rings. The summed E-state index contributed by atoms with van der Waals surface area (Å²) in [4.78, 5) is 49.6. The van der Waals surface area contributed by atoms with Crippen LogP contribution in [0, 0.1) is 0 Å². The van der Waals surface area contributed by atoms with E-state index in [1.165, 1.54) is 20.3 Å². The smallest absolute Gasteiger partial charge is 0.337 e. The highest BCUT2D eigenvalue weighted by molar-refractivity contribution is 8.18. The number of methoxy groups -OCH3 is 2. The predicted octanol–water partition coefficient (Wildman–Crippen LogP) is 3.16. The minimum Gasteiger partial charge on any atom is -0.497 e. The second-order valence-corrected chi connectivity index (χ2v) is 7.15. The summed E-state index contributed by atoms with van der Waals surface area (Å²) in [5, 5.41) is 2.11. The molecule has 9 heteroatoms. The van der Waals surface area contributed by atoms with Crippen LogP contribution in [0.4, 0.5) is 10.5 Å². The van der Waals surface area contributed by atoms with Gasteiger partial charge in [-0.2, -0.15) is 0 Å². The Hall–Kier alpha value is -3.59. The van der Waals surface area contributed by atoms with E-state index >= 15 is 0 Å². The molecule has 0 radical (unpaired) electrons. The number of ether oxygens (including phenoxy) is 2. The molecule has 0 spiro atoms. The molecule has 0 saturated carbocycles.